The molecule has 0 bridgehead atoms. The fraction of sp³-hybridized carbons (Fsp3) is 0.552. The Hall–Kier alpha value is -2.57. The third-order valence-electron chi connectivity index (χ3n) is 7.12. The van der Waals surface area contributed by atoms with Crippen LogP contribution < -0.4 is 9.47 Å². The molecule has 1 aliphatic heterocycles. The maximum absolute atomic E-state index is 11.9. The number of unbranched alkanes of at least 4 members (excludes halogenated alkanes) is 6. The summed E-state index contributed by atoms with van der Waals surface area (Å²) in [4.78, 5) is 11.9. The van der Waals surface area contributed by atoms with E-state index in [1.165, 1.54) is 38.4 Å². The van der Waals surface area contributed by atoms with Crippen molar-refractivity contribution in [1.82, 2.24) is 0 Å². The summed E-state index contributed by atoms with van der Waals surface area (Å²) < 4.78 is 21.8. The lowest BCUT2D eigenvalue weighted by molar-refractivity contribution is 0.0506. The highest BCUT2D eigenvalue weighted by Gasteiger charge is 2.42. The maximum Gasteiger partial charge on any atom is 0.337 e. The Labute approximate surface area is 209 Å². The van der Waals surface area contributed by atoms with E-state index in [1.54, 1.807) is 7.11 Å². The molecule has 2 atom stereocenters. The highest BCUT2D eigenvalue weighted by molar-refractivity contribution is 5.89. The van der Waals surface area contributed by atoms with Gasteiger partial charge in [-0.1, -0.05) is 63.6 Å². The number of hydrogen-bond acceptors (Lipinski definition) is 6. The molecule has 0 amide bonds. The van der Waals surface area contributed by atoms with E-state index in [0.717, 1.165) is 42.7 Å². The summed E-state index contributed by atoms with van der Waals surface area (Å²) in [6, 6.07) is 13.8. The lowest BCUT2D eigenvalue weighted by Crippen LogP contribution is -2.40. The van der Waals surface area contributed by atoms with Crippen LogP contribution in [0.25, 0.3) is 0 Å². The van der Waals surface area contributed by atoms with E-state index >= 15 is 0 Å². The van der Waals surface area contributed by atoms with Gasteiger partial charge in [-0.25, -0.2) is 4.79 Å². The van der Waals surface area contributed by atoms with Crippen LogP contribution in [0.5, 0.6) is 11.5 Å². The minimum Gasteiger partial charge on any atom is -0.492 e. The molecule has 0 aliphatic carbocycles. The molecule has 0 spiro atoms. The van der Waals surface area contributed by atoms with Crippen LogP contribution in [0.1, 0.15) is 85.7 Å². The first-order valence-corrected chi connectivity index (χ1v) is 12.7. The summed E-state index contributed by atoms with van der Waals surface area (Å²) in [5.74, 6) is 1.56. The van der Waals surface area contributed by atoms with Gasteiger partial charge in [-0.3, -0.25) is 0 Å². The Morgan fingerprint density at radius 3 is 2.34 bits per heavy atom. The summed E-state index contributed by atoms with van der Waals surface area (Å²) in [6.45, 7) is 3.31. The van der Waals surface area contributed by atoms with Gasteiger partial charge in [0.2, 0.25) is 0 Å². The second-order valence-corrected chi connectivity index (χ2v) is 9.57. The molecule has 6 nitrogen and oxygen atoms in total. The number of carbonyl (C=O) groups excluding carboxylic acids is 1. The molecular weight excluding hydrogens is 444 g/mol. The molecule has 35 heavy (non-hydrogen) atoms. The minimum absolute atomic E-state index is 0.199. The zero-order chi connectivity index (χ0) is 25.1. The maximum atomic E-state index is 11.9. The van der Waals surface area contributed by atoms with E-state index < -0.39 is 0 Å². The average molecular weight is 485 g/mol. The first-order chi connectivity index (χ1) is 17.0. The Kier molecular flexibility index (Phi) is 10.4. The monoisotopic (exact) mass is 484 g/mol. The van der Waals surface area contributed by atoms with Crippen LogP contribution in [0.3, 0.4) is 0 Å². The number of rotatable bonds is 14. The molecule has 2 aromatic carbocycles. The topological polar surface area (TPSA) is 74.2 Å². The Bertz CT molecular complexity index is 925. The van der Waals surface area contributed by atoms with Crippen LogP contribution in [-0.4, -0.2) is 45.3 Å². The summed E-state index contributed by atoms with van der Waals surface area (Å²) in [6.07, 6.45) is 9.03. The highest BCUT2D eigenvalue weighted by Crippen LogP contribution is 2.49. The van der Waals surface area contributed by atoms with Gasteiger partial charge in [0, 0.05) is 31.1 Å². The van der Waals surface area contributed by atoms with Gasteiger partial charge in [-0.15, -0.1) is 0 Å². The molecule has 0 radical (unpaired) electrons. The quantitative estimate of drug-likeness (QED) is 0.201. The number of aliphatic hydroxyl groups excluding tert-OH is 1. The Morgan fingerprint density at radius 2 is 1.69 bits per heavy atom. The van der Waals surface area contributed by atoms with Crippen molar-refractivity contribution in [3.63, 3.8) is 0 Å². The van der Waals surface area contributed by atoms with Crippen LogP contribution in [0, 0.1) is 0 Å². The van der Waals surface area contributed by atoms with Crippen molar-refractivity contribution >= 4 is 5.97 Å². The molecule has 6 heteroatoms. The van der Waals surface area contributed by atoms with Gasteiger partial charge in [0.15, 0.2) is 6.79 Å². The van der Waals surface area contributed by atoms with Gasteiger partial charge in [0.05, 0.1) is 19.3 Å². The molecular formula is C29H40O6. The molecule has 3 rings (SSSR count). The molecule has 0 saturated carbocycles. The summed E-state index contributed by atoms with van der Waals surface area (Å²) in [5, 5.41) is 8.94. The van der Waals surface area contributed by atoms with E-state index in [9.17, 15) is 4.79 Å². The molecule has 192 valence electrons. The standard InChI is InChI=1S/C29H40O6/c1-29(23-14-12-22(13-15-23)28(31)33-3)20-34-27-19-24(35-21-32-2)16-17-25(27)26(29)11-9-7-5-4-6-8-10-18-30/h12-17,19,26,30H,4-11,18,20-21H2,1-3H3. The lowest BCUT2D eigenvalue weighted by Gasteiger charge is -2.43. The van der Waals surface area contributed by atoms with Crippen molar-refractivity contribution < 1.29 is 28.8 Å². The van der Waals surface area contributed by atoms with Crippen LogP contribution in [0.4, 0.5) is 0 Å². The zero-order valence-electron chi connectivity index (χ0n) is 21.4. The number of aliphatic hydroxyl groups is 1. The van der Waals surface area contributed by atoms with Crippen LogP contribution in [0.2, 0.25) is 0 Å². The SMILES string of the molecule is COCOc1ccc2c(c1)OCC(C)(c1ccc(C(=O)OC)cc1)C2CCCCCCCCCO. The van der Waals surface area contributed by atoms with E-state index in [2.05, 4.69) is 13.0 Å². The molecule has 0 saturated heterocycles. The van der Waals surface area contributed by atoms with Crippen LogP contribution in [0.15, 0.2) is 42.5 Å². The number of benzene rings is 2. The number of hydrogen-bond donors (Lipinski definition) is 1. The number of ether oxygens (including phenoxy) is 4. The van der Waals surface area contributed by atoms with Crippen molar-refractivity contribution in [1.29, 1.82) is 0 Å². The minimum atomic E-state index is -0.328. The molecule has 1 heterocycles. The largest absolute Gasteiger partial charge is 0.492 e. The van der Waals surface area contributed by atoms with Gasteiger partial charge >= 0.3 is 5.97 Å². The zero-order valence-corrected chi connectivity index (χ0v) is 21.4. The van der Waals surface area contributed by atoms with Crippen molar-refractivity contribution in [3.8, 4) is 11.5 Å². The third kappa shape index (κ3) is 6.98. The fourth-order valence-electron chi connectivity index (χ4n) is 5.02. The third-order valence-corrected chi connectivity index (χ3v) is 7.12. The molecule has 1 aliphatic rings. The lowest BCUT2D eigenvalue weighted by atomic mass is 9.66. The molecule has 2 aromatic rings. The summed E-state index contributed by atoms with van der Waals surface area (Å²) in [5.41, 5.74) is 2.68. The number of fused-ring (bicyclic) bond motifs is 1. The second-order valence-electron chi connectivity index (χ2n) is 9.57. The number of methoxy groups -OCH3 is 2. The van der Waals surface area contributed by atoms with Gasteiger partial charge in [0.1, 0.15) is 11.5 Å². The van der Waals surface area contributed by atoms with Gasteiger partial charge in [0.25, 0.3) is 0 Å². The molecule has 0 fully saturated rings. The van der Waals surface area contributed by atoms with E-state index in [4.69, 9.17) is 24.1 Å². The Morgan fingerprint density at radius 1 is 1.00 bits per heavy atom. The van der Waals surface area contributed by atoms with Crippen LogP contribution in [-0.2, 0) is 14.9 Å². The normalized spacial score (nSPS) is 19.0. The predicted octanol–water partition coefficient (Wildman–Crippen LogP) is 6.00. The molecule has 1 N–H and O–H groups in total. The van der Waals surface area contributed by atoms with Gasteiger partial charge in [-0.2, -0.15) is 0 Å². The van der Waals surface area contributed by atoms with Crippen molar-refractivity contribution in [2.45, 2.75) is 69.6 Å². The summed E-state index contributed by atoms with van der Waals surface area (Å²) >= 11 is 0. The highest BCUT2D eigenvalue weighted by atomic mass is 16.7. The van der Waals surface area contributed by atoms with Gasteiger partial charge in [-0.05, 0) is 42.2 Å². The number of carbonyl (C=O) groups is 1. The Balaban J connectivity index is 1.77. The second kappa shape index (κ2) is 13.5. The first kappa shape index (κ1) is 27.0. The first-order valence-electron chi connectivity index (χ1n) is 12.7. The van der Waals surface area contributed by atoms with Crippen molar-refractivity contribution in [3.05, 3.63) is 59.2 Å². The smallest absolute Gasteiger partial charge is 0.337 e. The van der Waals surface area contributed by atoms with Crippen molar-refractivity contribution in [2.75, 3.05) is 34.2 Å². The van der Waals surface area contributed by atoms with Gasteiger partial charge < -0.3 is 24.1 Å². The summed E-state index contributed by atoms with van der Waals surface area (Å²) in [7, 11) is 3.01. The predicted molar refractivity (Wildman–Crippen MR) is 136 cm³/mol. The van der Waals surface area contributed by atoms with E-state index in [1.807, 2.05) is 36.4 Å². The van der Waals surface area contributed by atoms with E-state index in [-0.39, 0.29) is 24.1 Å². The van der Waals surface area contributed by atoms with E-state index in [0.29, 0.717) is 18.8 Å². The fourth-order valence-corrected chi connectivity index (χ4v) is 5.02. The average Bonchev–Trinajstić information content (AvgIpc) is 2.89. The van der Waals surface area contributed by atoms with Crippen LogP contribution >= 0.6 is 0 Å². The van der Waals surface area contributed by atoms with Crippen molar-refractivity contribution in [2.24, 2.45) is 0 Å². The number of esters is 1. The molecule has 0 aromatic heterocycles. The molecule has 2 unspecified atom stereocenters.